The van der Waals surface area contributed by atoms with Crippen LogP contribution in [0, 0.1) is 0 Å². The average Bonchev–Trinajstić information content (AvgIpc) is 2.39. The van der Waals surface area contributed by atoms with E-state index >= 15 is 0 Å². The molecule has 0 aromatic carbocycles. The molecule has 2 heterocycles. The van der Waals surface area contributed by atoms with Crippen LogP contribution in [0.25, 0.3) is 0 Å². The highest BCUT2D eigenvalue weighted by molar-refractivity contribution is 8.00. The van der Waals surface area contributed by atoms with Crippen molar-refractivity contribution in [2.24, 2.45) is 0 Å². The van der Waals surface area contributed by atoms with Crippen molar-refractivity contribution in [1.29, 1.82) is 0 Å². The van der Waals surface area contributed by atoms with E-state index in [0.717, 1.165) is 12.2 Å². The number of amides is 1. The maximum absolute atomic E-state index is 12.4. The van der Waals surface area contributed by atoms with Gasteiger partial charge in [0.2, 0.25) is 5.91 Å². The molecule has 0 saturated carbocycles. The van der Waals surface area contributed by atoms with Gasteiger partial charge in [-0.3, -0.25) is 4.79 Å². The van der Waals surface area contributed by atoms with Crippen molar-refractivity contribution >= 4 is 29.3 Å². The fraction of sp³-hybridized carbons (Fsp3) is 0.917. The van der Waals surface area contributed by atoms with Gasteiger partial charge in [-0.1, -0.05) is 6.42 Å². The van der Waals surface area contributed by atoms with Gasteiger partial charge in [-0.05, 0) is 25.5 Å². The first-order valence-corrected chi connectivity index (χ1v) is 7.90. The van der Waals surface area contributed by atoms with E-state index in [4.69, 9.17) is 16.3 Å². The number of thioether (sulfide) groups is 1. The summed E-state index contributed by atoms with van der Waals surface area (Å²) in [6.07, 6.45) is 3.46. The van der Waals surface area contributed by atoms with E-state index in [0.29, 0.717) is 24.9 Å². The van der Waals surface area contributed by atoms with Gasteiger partial charge in [0.15, 0.2) is 0 Å². The van der Waals surface area contributed by atoms with Crippen LogP contribution >= 0.6 is 23.4 Å². The fourth-order valence-corrected chi connectivity index (χ4v) is 3.79. The third kappa shape index (κ3) is 3.30. The molecule has 0 aromatic rings. The number of hydrogen-bond acceptors (Lipinski definition) is 3. The summed E-state index contributed by atoms with van der Waals surface area (Å²) in [5, 5.41) is 0.167. The van der Waals surface area contributed by atoms with Crippen LogP contribution < -0.4 is 0 Å². The average molecular weight is 278 g/mol. The van der Waals surface area contributed by atoms with E-state index in [2.05, 4.69) is 6.92 Å². The highest BCUT2D eigenvalue weighted by atomic mass is 35.5. The van der Waals surface area contributed by atoms with Gasteiger partial charge in [-0.2, -0.15) is 0 Å². The molecule has 5 heteroatoms. The molecular weight excluding hydrogens is 258 g/mol. The number of ether oxygens (including phenoxy) is 1. The molecule has 0 aromatic heterocycles. The summed E-state index contributed by atoms with van der Waals surface area (Å²) in [4.78, 5) is 14.4. The first-order valence-electron chi connectivity index (χ1n) is 6.32. The SMILES string of the molecule is CC1COC(CCl)CN1C(=O)C1CCCCS1. The summed E-state index contributed by atoms with van der Waals surface area (Å²) in [6.45, 7) is 3.32. The first-order chi connectivity index (χ1) is 8.22. The Hall–Kier alpha value is 0.0700. The van der Waals surface area contributed by atoms with Crippen LogP contribution in [0.1, 0.15) is 26.2 Å². The Morgan fingerprint density at radius 1 is 1.53 bits per heavy atom. The monoisotopic (exact) mass is 277 g/mol. The van der Waals surface area contributed by atoms with Crippen LogP contribution in [0.3, 0.4) is 0 Å². The van der Waals surface area contributed by atoms with Gasteiger partial charge in [0.1, 0.15) is 0 Å². The molecule has 2 aliphatic heterocycles. The lowest BCUT2D eigenvalue weighted by Gasteiger charge is -2.39. The van der Waals surface area contributed by atoms with Crippen molar-refractivity contribution in [3.05, 3.63) is 0 Å². The standard InChI is InChI=1S/C12H20ClNO2S/c1-9-8-16-10(6-13)7-14(9)12(15)11-4-2-3-5-17-11/h9-11H,2-8H2,1H3. The molecule has 0 N–H and O–H groups in total. The van der Waals surface area contributed by atoms with E-state index < -0.39 is 0 Å². The summed E-state index contributed by atoms with van der Waals surface area (Å²) in [5.74, 6) is 1.88. The van der Waals surface area contributed by atoms with Gasteiger partial charge in [0.25, 0.3) is 0 Å². The Kier molecular flexibility index (Phi) is 5.00. The summed E-state index contributed by atoms with van der Waals surface area (Å²) < 4.78 is 5.57. The number of morpholine rings is 1. The molecule has 2 saturated heterocycles. The normalized spacial score (nSPS) is 34.7. The third-order valence-electron chi connectivity index (χ3n) is 3.42. The molecule has 2 fully saturated rings. The van der Waals surface area contributed by atoms with Gasteiger partial charge in [0, 0.05) is 6.54 Å². The highest BCUT2D eigenvalue weighted by Crippen LogP contribution is 2.28. The van der Waals surface area contributed by atoms with Crippen LogP contribution in [-0.2, 0) is 9.53 Å². The zero-order valence-electron chi connectivity index (χ0n) is 10.2. The van der Waals surface area contributed by atoms with Gasteiger partial charge in [0.05, 0.1) is 29.9 Å². The van der Waals surface area contributed by atoms with Gasteiger partial charge < -0.3 is 9.64 Å². The molecule has 2 aliphatic rings. The number of alkyl halides is 1. The number of rotatable bonds is 2. The fourth-order valence-electron chi connectivity index (χ4n) is 2.34. The topological polar surface area (TPSA) is 29.5 Å². The molecule has 3 unspecified atom stereocenters. The number of carbonyl (C=O) groups is 1. The van der Waals surface area contributed by atoms with Gasteiger partial charge in [-0.15, -0.1) is 23.4 Å². The zero-order valence-corrected chi connectivity index (χ0v) is 11.8. The molecule has 3 nitrogen and oxygen atoms in total. The molecule has 3 atom stereocenters. The summed E-state index contributed by atoms with van der Waals surface area (Å²) in [7, 11) is 0. The smallest absolute Gasteiger partial charge is 0.236 e. The third-order valence-corrected chi connectivity index (χ3v) is 5.12. The van der Waals surface area contributed by atoms with Crippen molar-refractivity contribution in [2.45, 2.75) is 43.6 Å². The molecule has 2 rings (SSSR count). The Morgan fingerprint density at radius 3 is 3.00 bits per heavy atom. The zero-order chi connectivity index (χ0) is 12.3. The number of nitrogens with zero attached hydrogens (tertiary/aromatic N) is 1. The lowest BCUT2D eigenvalue weighted by molar-refractivity contribution is -0.142. The largest absolute Gasteiger partial charge is 0.373 e. The predicted molar refractivity (Wildman–Crippen MR) is 71.7 cm³/mol. The quantitative estimate of drug-likeness (QED) is 0.724. The highest BCUT2D eigenvalue weighted by Gasteiger charge is 2.33. The molecular formula is C12H20ClNO2S. The Balaban J connectivity index is 1.95. The predicted octanol–water partition coefficient (Wildman–Crippen LogP) is 2.13. The van der Waals surface area contributed by atoms with E-state index in [9.17, 15) is 4.79 Å². The minimum atomic E-state index is 0.00501. The van der Waals surface area contributed by atoms with E-state index in [-0.39, 0.29) is 17.4 Å². The van der Waals surface area contributed by atoms with Gasteiger partial charge in [-0.25, -0.2) is 0 Å². The summed E-state index contributed by atoms with van der Waals surface area (Å²) in [5.41, 5.74) is 0. The van der Waals surface area contributed by atoms with Crippen LogP contribution in [0.4, 0.5) is 0 Å². The Bertz CT molecular complexity index is 271. The van der Waals surface area contributed by atoms with Crippen LogP contribution in [0.2, 0.25) is 0 Å². The van der Waals surface area contributed by atoms with Crippen molar-refractivity contribution in [1.82, 2.24) is 4.90 Å². The van der Waals surface area contributed by atoms with Crippen LogP contribution in [0.5, 0.6) is 0 Å². The van der Waals surface area contributed by atoms with E-state index in [1.807, 2.05) is 16.7 Å². The molecule has 0 spiro atoms. The molecule has 98 valence electrons. The number of carbonyl (C=O) groups excluding carboxylic acids is 1. The van der Waals surface area contributed by atoms with Crippen molar-refractivity contribution in [2.75, 3.05) is 24.8 Å². The van der Waals surface area contributed by atoms with Crippen molar-refractivity contribution < 1.29 is 9.53 Å². The van der Waals surface area contributed by atoms with Crippen LogP contribution in [-0.4, -0.2) is 53.0 Å². The summed E-state index contributed by atoms with van der Waals surface area (Å²) >= 11 is 7.63. The van der Waals surface area contributed by atoms with E-state index in [1.165, 1.54) is 12.8 Å². The van der Waals surface area contributed by atoms with Crippen molar-refractivity contribution in [3.8, 4) is 0 Å². The lowest BCUT2D eigenvalue weighted by atomic mass is 10.1. The summed E-state index contributed by atoms with van der Waals surface area (Å²) in [6, 6.07) is 0.185. The second kappa shape index (κ2) is 6.30. The molecule has 0 radical (unpaired) electrons. The van der Waals surface area contributed by atoms with Crippen molar-refractivity contribution in [3.63, 3.8) is 0 Å². The lowest BCUT2D eigenvalue weighted by Crippen LogP contribution is -2.54. The minimum Gasteiger partial charge on any atom is -0.373 e. The molecule has 0 aliphatic carbocycles. The Morgan fingerprint density at radius 2 is 2.35 bits per heavy atom. The molecule has 1 amide bonds. The van der Waals surface area contributed by atoms with E-state index in [1.54, 1.807) is 0 Å². The minimum absolute atomic E-state index is 0.00501. The maximum Gasteiger partial charge on any atom is 0.236 e. The second-order valence-electron chi connectivity index (χ2n) is 4.80. The molecule has 17 heavy (non-hydrogen) atoms. The Labute approximate surface area is 112 Å². The number of hydrogen-bond donors (Lipinski definition) is 0. The van der Waals surface area contributed by atoms with Gasteiger partial charge >= 0.3 is 0 Å². The second-order valence-corrected chi connectivity index (χ2v) is 6.42. The van der Waals surface area contributed by atoms with Crippen LogP contribution in [0.15, 0.2) is 0 Å². The number of halogens is 1. The first kappa shape index (κ1) is 13.5. The molecule has 0 bridgehead atoms. The maximum atomic E-state index is 12.4.